The zero-order chi connectivity index (χ0) is 17.4. The summed E-state index contributed by atoms with van der Waals surface area (Å²) in [5.41, 5.74) is -1.15. The molecular weight excluding hydrogens is 295 g/mol. The minimum Gasteiger partial charge on any atom is -0.395 e. The standard InChI is InChI=1S/C15H22F3N3O/c1-12(21-22-11-13(2,3)4)5-6-14(9-19,10-20)7-8-15(16,17)18/h5-8,11H2,1-4H3. The molecule has 0 N–H and O–H groups in total. The average Bonchev–Trinajstić information content (AvgIpc) is 2.37. The summed E-state index contributed by atoms with van der Waals surface area (Å²) in [5, 5.41) is 22.0. The first-order chi connectivity index (χ1) is 9.93. The van der Waals surface area contributed by atoms with Gasteiger partial charge in [-0.15, -0.1) is 0 Å². The van der Waals surface area contributed by atoms with Crippen LogP contribution in [0.15, 0.2) is 5.16 Å². The number of alkyl halides is 3. The number of hydrogen-bond donors (Lipinski definition) is 0. The Morgan fingerprint density at radius 3 is 2.00 bits per heavy atom. The van der Waals surface area contributed by atoms with E-state index in [4.69, 9.17) is 15.4 Å². The Bertz CT molecular complexity index is 450. The van der Waals surface area contributed by atoms with Gasteiger partial charge in [0.2, 0.25) is 0 Å². The van der Waals surface area contributed by atoms with Gasteiger partial charge in [-0.2, -0.15) is 23.7 Å². The van der Waals surface area contributed by atoms with Gasteiger partial charge in [-0.1, -0.05) is 25.9 Å². The first-order valence-electron chi connectivity index (χ1n) is 6.98. The van der Waals surface area contributed by atoms with Gasteiger partial charge in [-0.25, -0.2) is 0 Å². The van der Waals surface area contributed by atoms with Crippen molar-refractivity contribution in [2.24, 2.45) is 16.0 Å². The molecule has 0 radical (unpaired) electrons. The number of rotatable bonds is 7. The molecule has 0 heterocycles. The maximum Gasteiger partial charge on any atom is 0.389 e. The highest BCUT2D eigenvalue weighted by Crippen LogP contribution is 2.33. The van der Waals surface area contributed by atoms with Crippen LogP contribution in [-0.2, 0) is 4.84 Å². The Morgan fingerprint density at radius 1 is 1.05 bits per heavy atom. The third-order valence-electron chi connectivity index (χ3n) is 2.89. The average molecular weight is 317 g/mol. The van der Waals surface area contributed by atoms with Gasteiger partial charge in [0.25, 0.3) is 0 Å². The fourth-order valence-corrected chi connectivity index (χ4v) is 1.50. The Hall–Kier alpha value is -1.76. The summed E-state index contributed by atoms with van der Waals surface area (Å²) in [6.07, 6.45) is -5.81. The topological polar surface area (TPSA) is 69.2 Å². The van der Waals surface area contributed by atoms with Crippen molar-refractivity contribution >= 4 is 5.71 Å². The van der Waals surface area contributed by atoms with Crippen LogP contribution in [0.4, 0.5) is 13.2 Å². The van der Waals surface area contributed by atoms with Gasteiger partial charge in [0, 0.05) is 6.42 Å². The molecule has 0 atom stereocenters. The summed E-state index contributed by atoms with van der Waals surface area (Å²) < 4.78 is 36.8. The molecule has 0 amide bonds. The SMILES string of the molecule is CC(CCC(C#N)(C#N)CCC(F)(F)F)=NOCC(C)(C)C. The van der Waals surface area contributed by atoms with Crippen molar-refractivity contribution < 1.29 is 18.0 Å². The highest BCUT2D eigenvalue weighted by molar-refractivity contribution is 5.81. The fourth-order valence-electron chi connectivity index (χ4n) is 1.50. The first-order valence-corrected chi connectivity index (χ1v) is 6.98. The molecule has 0 unspecified atom stereocenters. The van der Waals surface area contributed by atoms with Gasteiger partial charge >= 0.3 is 6.18 Å². The molecule has 22 heavy (non-hydrogen) atoms. The summed E-state index contributed by atoms with van der Waals surface area (Å²) in [6.45, 7) is 7.99. The summed E-state index contributed by atoms with van der Waals surface area (Å²) in [4.78, 5) is 5.15. The summed E-state index contributed by atoms with van der Waals surface area (Å²) in [6, 6.07) is 3.43. The molecule has 0 aromatic heterocycles. The highest BCUT2D eigenvalue weighted by atomic mass is 19.4. The molecule has 0 aliphatic rings. The molecule has 4 nitrogen and oxygen atoms in total. The minimum absolute atomic E-state index is 0.00426. The Balaban J connectivity index is 4.57. The van der Waals surface area contributed by atoms with Crippen LogP contribution in [0.1, 0.15) is 53.4 Å². The summed E-state index contributed by atoms with van der Waals surface area (Å²) in [7, 11) is 0. The van der Waals surface area contributed by atoms with Crippen LogP contribution in [0.5, 0.6) is 0 Å². The highest BCUT2D eigenvalue weighted by Gasteiger charge is 2.36. The molecule has 124 valence electrons. The number of hydrogen-bond acceptors (Lipinski definition) is 4. The van der Waals surface area contributed by atoms with E-state index in [2.05, 4.69) is 5.16 Å². The molecule has 0 aliphatic carbocycles. The maximum atomic E-state index is 12.3. The second kappa shape index (κ2) is 8.03. The second-order valence-corrected chi connectivity index (χ2v) is 6.58. The lowest BCUT2D eigenvalue weighted by Gasteiger charge is -2.19. The van der Waals surface area contributed by atoms with E-state index >= 15 is 0 Å². The Kier molecular flexibility index (Phi) is 7.38. The molecule has 0 aromatic carbocycles. The van der Waals surface area contributed by atoms with E-state index < -0.39 is 24.4 Å². The molecular formula is C15H22F3N3O. The van der Waals surface area contributed by atoms with Crippen molar-refractivity contribution in [3.63, 3.8) is 0 Å². The van der Waals surface area contributed by atoms with E-state index in [0.29, 0.717) is 12.3 Å². The van der Waals surface area contributed by atoms with Gasteiger partial charge in [0.15, 0.2) is 0 Å². The summed E-state index contributed by atoms with van der Waals surface area (Å²) in [5.74, 6) is 0. The van der Waals surface area contributed by atoms with Crippen molar-refractivity contribution in [2.45, 2.75) is 59.6 Å². The van der Waals surface area contributed by atoms with Crippen molar-refractivity contribution in [3.8, 4) is 12.1 Å². The number of halogens is 3. The van der Waals surface area contributed by atoms with Gasteiger partial charge in [0.1, 0.15) is 12.0 Å². The Morgan fingerprint density at radius 2 is 1.59 bits per heavy atom. The van der Waals surface area contributed by atoms with E-state index in [9.17, 15) is 13.2 Å². The van der Waals surface area contributed by atoms with Crippen LogP contribution in [0.2, 0.25) is 0 Å². The maximum absolute atomic E-state index is 12.3. The zero-order valence-corrected chi connectivity index (χ0v) is 13.4. The first kappa shape index (κ1) is 20.2. The van der Waals surface area contributed by atoms with Crippen LogP contribution < -0.4 is 0 Å². The number of nitriles is 2. The molecule has 0 aliphatic heterocycles. The monoisotopic (exact) mass is 317 g/mol. The summed E-state index contributed by atoms with van der Waals surface area (Å²) >= 11 is 0. The van der Waals surface area contributed by atoms with E-state index in [1.807, 2.05) is 20.8 Å². The third-order valence-corrected chi connectivity index (χ3v) is 2.89. The van der Waals surface area contributed by atoms with E-state index in [-0.39, 0.29) is 18.3 Å². The van der Waals surface area contributed by atoms with Crippen LogP contribution in [0.3, 0.4) is 0 Å². The van der Waals surface area contributed by atoms with E-state index in [0.717, 1.165) is 0 Å². The molecule has 0 spiro atoms. The minimum atomic E-state index is -4.38. The van der Waals surface area contributed by atoms with Gasteiger partial charge < -0.3 is 4.84 Å². The normalized spacial score (nSPS) is 13.4. The number of nitrogens with zero attached hydrogens (tertiary/aromatic N) is 3. The predicted octanol–water partition coefficient (Wildman–Crippen LogP) is 4.58. The van der Waals surface area contributed by atoms with Gasteiger partial charge in [0.05, 0.1) is 17.9 Å². The molecule has 0 saturated carbocycles. The molecule has 0 bridgehead atoms. The van der Waals surface area contributed by atoms with Gasteiger partial charge in [-0.05, 0) is 31.6 Å². The van der Waals surface area contributed by atoms with Crippen molar-refractivity contribution in [2.75, 3.05) is 6.61 Å². The van der Waals surface area contributed by atoms with Crippen LogP contribution in [-0.4, -0.2) is 18.5 Å². The predicted molar refractivity (Wildman–Crippen MR) is 76.7 cm³/mol. The van der Waals surface area contributed by atoms with Crippen molar-refractivity contribution in [3.05, 3.63) is 0 Å². The van der Waals surface area contributed by atoms with Crippen molar-refractivity contribution in [1.82, 2.24) is 0 Å². The van der Waals surface area contributed by atoms with E-state index in [1.54, 1.807) is 19.1 Å². The second-order valence-electron chi connectivity index (χ2n) is 6.58. The lowest BCUT2D eigenvalue weighted by Crippen LogP contribution is -2.21. The quantitative estimate of drug-likeness (QED) is 0.509. The molecule has 7 heteroatoms. The molecule has 0 aromatic rings. The third kappa shape index (κ3) is 9.23. The van der Waals surface area contributed by atoms with Crippen LogP contribution in [0.25, 0.3) is 0 Å². The largest absolute Gasteiger partial charge is 0.395 e. The zero-order valence-electron chi connectivity index (χ0n) is 13.4. The smallest absolute Gasteiger partial charge is 0.389 e. The fraction of sp³-hybridized carbons (Fsp3) is 0.800. The lowest BCUT2D eigenvalue weighted by atomic mass is 9.81. The molecule has 0 rings (SSSR count). The number of oxime groups is 1. The lowest BCUT2D eigenvalue weighted by molar-refractivity contribution is -0.138. The van der Waals surface area contributed by atoms with Crippen LogP contribution in [0, 0.1) is 33.5 Å². The molecule has 0 saturated heterocycles. The van der Waals surface area contributed by atoms with E-state index in [1.165, 1.54) is 0 Å². The van der Waals surface area contributed by atoms with Crippen molar-refractivity contribution in [1.29, 1.82) is 10.5 Å². The Labute approximate surface area is 129 Å². The molecule has 0 fully saturated rings. The van der Waals surface area contributed by atoms with Crippen LogP contribution >= 0.6 is 0 Å². The van der Waals surface area contributed by atoms with Gasteiger partial charge in [-0.3, -0.25) is 0 Å².